The first-order valence-corrected chi connectivity index (χ1v) is 13.1. The van der Waals surface area contributed by atoms with Gasteiger partial charge in [0, 0.05) is 23.8 Å². The SMILES string of the molecule is Cc1cc(-c2nccc3ccccc23)[c-]c(-c2nccc3ccccc23)c1.[Pt+2].[S-]c1nc2ccccc2s1. The van der Waals surface area contributed by atoms with Crippen molar-refractivity contribution in [1.29, 1.82) is 0 Å². The molecule has 3 aromatic heterocycles. The monoisotopic (exact) mass is 706 g/mol. The summed E-state index contributed by atoms with van der Waals surface area (Å²) in [7, 11) is 0. The third-order valence-electron chi connectivity index (χ3n) is 6.15. The molecule has 0 saturated carbocycles. The van der Waals surface area contributed by atoms with E-state index in [0.29, 0.717) is 0 Å². The summed E-state index contributed by atoms with van der Waals surface area (Å²) in [5.74, 6) is 0. The van der Waals surface area contributed by atoms with Crippen LogP contribution in [0.5, 0.6) is 0 Å². The fourth-order valence-corrected chi connectivity index (χ4v) is 5.55. The van der Waals surface area contributed by atoms with Crippen LogP contribution in [0.25, 0.3) is 54.3 Å². The average Bonchev–Trinajstić information content (AvgIpc) is 3.32. The van der Waals surface area contributed by atoms with Gasteiger partial charge in [-0.3, -0.25) is 15.0 Å². The largest absolute Gasteiger partial charge is 2.00 e. The third-order valence-corrected chi connectivity index (χ3v) is 7.32. The molecule has 3 nitrogen and oxygen atoms in total. The van der Waals surface area contributed by atoms with Crippen molar-refractivity contribution < 1.29 is 21.1 Å². The van der Waals surface area contributed by atoms with Crippen LogP contribution in [0, 0.1) is 13.0 Å². The van der Waals surface area contributed by atoms with Crippen molar-refractivity contribution in [3.63, 3.8) is 0 Å². The van der Waals surface area contributed by atoms with Gasteiger partial charge in [0.25, 0.3) is 0 Å². The molecule has 7 aromatic rings. The Morgan fingerprint density at radius 3 is 1.79 bits per heavy atom. The number of pyridine rings is 2. The van der Waals surface area contributed by atoms with Crippen molar-refractivity contribution in [3.8, 4) is 22.5 Å². The molecule has 0 spiro atoms. The maximum atomic E-state index is 4.92. The fourth-order valence-electron chi connectivity index (χ4n) is 4.49. The smallest absolute Gasteiger partial charge is 0.408 e. The van der Waals surface area contributed by atoms with Crippen molar-refractivity contribution in [2.75, 3.05) is 0 Å². The number of nitrogens with zero attached hydrogens (tertiary/aromatic N) is 3. The summed E-state index contributed by atoms with van der Waals surface area (Å²) in [5, 5.41) is 4.64. The third kappa shape index (κ3) is 5.37. The van der Waals surface area contributed by atoms with Gasteiger partial charge in [0.1, 0.15) is 0 Å². The quantitative estimate of drug-likeness (QED) is 0.134. The van der Waals surface area contributed by atoms with Crippen molar-refractivity contribution in [1.82, 2.24) is 15.0 Å². The zero-order valence-corrected chi connectivity index (χ0v) is 24.3. The summed E-state index contributed by atoms with van der Waals surface area (Å²) in [5.41, 5.74) is 6.09. The van der Waals surface area contributed by atoms with E-state index in [2.05, 4.69) is 88.6 Å². The van der Waals surface area contributed by atoms with E-state index in [-0.39, 0.29) is 21.1 Å². The van der Waals surface area contributed by atoms with Gasteiger partial charge in [0.05, 0.1) is 5.52 Å². The fraction of sp³-hybridized carbons (Fsp3) is 0.0312. The Morgan fingerprint density at radius 2 is 1.21 bits per heavy atom. The first-order chi connectivity index (χ1) is 18.2. The number of benzene rings is 4. The second kappa shape index (κ2) is 11.5. The van der Waals surface area contributed by atoms with Crippen LogP contribution >= 0.6 is 11.3 Å². The molecule has 0 aliphatic carbocycles. The summed E-state index contributed by atoms with van der Waals surface area (Å²) in [6, 6.07) is 36.6. The Kier molecular flexibility index (Phi) is 7.90. The number of hydrogen-bond acceptors (Lipinski definition) is 5. The summed E-state index contributed by atoms with van der Waals surface area (Å²) in [6.45, 7) is 2.11. The summed E-state index contributed by atoms with van der Waals surface area (Å²) in [4.78, 5) is 13.5. The van der Waals surface area contributed by atoms with Crippen LogP contribution in [0.2, 0.25) is 0 Å². The molecule has 0 saturated heterocycles. The standard InChI is InChI=1S/C25H17N2.C7H5NS2.Pt/c1-17-14-20(24-22-8-4-2-6-18(22)10-12-26-24)16-21(15-17)25-23-9-5-3-7-19(23)11-13-27-25;9-7-8-5-3-1-2-4-6(5)10-7;/h2-15H,1H3;1-4H,(H,8,9);/q-1;;+2/p-1. The minimum absolute atomic E-state index is 0. The molecule has 0 bridgehead atoms. The molecule has 7 rings (SSSR count). The molecule has 0 N–H and O–H groups in total. The molecule has 0 aliphatic rings. The molecule has 0 amide bonds. The van der Waals surface area contributed by atoms with Crippen LogP contribution in [0.3, 0.4) is 0 Å². The van der Waals surface area contributed by atoms with Gasteiger partial charge >= 0.3 is 21.1 Å². The van der Waals surface area contributed by atoms with E-state index in [4.69, 9.17) is 12.6 Å². The van der Waals surface area contributed by atoms with Crippen LogP contribution in [0.15, 0.2) is 114 Å². The van der Waals surface area contributed by atoms with Crippen LogP contribution in [0.4, 0.5) is 0 Å². The number of aromatic nitrogens is 3. The summed E-state index contributed by atoms with van der Waals surface area (Å²) in [6.07, 6.45) is 3.73. The molecular formula is C32H21N3PtS2. The van der Waals surface area contributed by atoms with Crippen molar-refractivity contribution >= 4 is 55.7 Å². The predicted molar refractivity (Wildman–Crippen MR) is 157 cm³/mol. The number of rotatable bonds is 2. The Labute approximate surface area is 245 Å². The van der Waals surface area contributed by atoms with Crippen molar-refractivity contribution in [3.05, 3.63) is 121 Å². The van der Waals surface area contributed by atoms with Gasteiger partial charge in [-0.05, 0) is 48.8 Å². The first-order valence-electron chi connectivity index (χ1n) is 11.9. The molecule has 3 heterocycles. The maximum absolute atomic E-state index is 4.92. The second-order valence-corrected chi connectivity index (χ2v) is 10.4. The van der Waals surface area contributed by atoms with Crippen molar-refractivity contribution in [2.45, 2.75) is 11.3 Å². The van der Waals surface area contributed by atoms with Crippen LogP contribution in [-0.2, 0) is 33.7 Å². The summed E-state index contributed by atoms with van der Waals surface area (Å²) < 4.78 is 1.90. The Hall–Kier alpha value is -3.50. The van der Waals surface area contributed by atoms with Crippen LogP contribution in [0.1, 0.15) is 5.56 Å². The molecule has 0 atom stereocenters. The molecular weight excluding hydrogens is 686 g/mol. The Balaban J connectivity index is 0.000000225. The molecule has 186 valence electrons. The number of thiazole rings is 1. The number of aryl methyl sites for hydroxylation is 1. The van der Waals surface area contributed by atoms with Crippen molar-refractivity contribution in [2.24, 2.45) is 0 Å². The molecule has 0 aliphatic heterocycles. The summed E-state index contributed by atoms with van der Waals surface area (Å²) >= 11 is 6.48. The molecule has 4 aromatic carbocycles. The predicted octanol–water partition coefficient (Wildman–Crippen LogP) is 8.43. The van der Waals surface area contributed by atoms with Gasteiger partial charge < -0.3 is 24.0 Å². The second-order valence-electron chi connectivity index (χ2n) is 8.69. The number of hydrogen-bond donors (Lipinski definition) is 0. The number of para-hydroxylation sites is 1. The van der Waals surface area contributed by atoms with Gasteiger partial charge in [-0.15, -0.1) is 23.8 Å². The van der Waals surface area contributed by atoms with E-state index in [1.54, 1.807) is 11.3 Å². The average molecular weight is 707 g/mol. The van der Waals surface area contributed by atoms with E-state index < -0.39 is 0 Å². The minimum Gasteiger partial charge on any atom is -0.408 e. The normalized spacial score (nSPS) is 10.7. The first kappa shape index (κ1) is 26.1. The molecule has 0 radical (unpaired) electrons. The van der Waals surface area contributed by atoms with Gasteiger partial charge in [-0.1, -0.05) is 84.8 Å². The molecule has 0 unspecified atom stereocenters. The van der Waals surface area contributed by atoms with E-state index in [0.717, 1.165) is 43.1 Å². The van der Waals surface area contributed by atoms with Gasteiger partial charge in [0.2, 0.25) is 0 Å². The topological polar surface area (TPSA) is 38.7 Å². The molecule has 6 heteroatoms. The van der Waals surface area contributed by atoms with E-state index >= 15 is 0 Å². The molecule has 0 fully saturated rings. The Bertz CT molecular complexity index is 1740. The zero-order chi connectivity index (χ0) is 25.2. The van der Waals surface area contributed by atoms with E-state index in [9.17, 15) is 0 Å². The van der Waals surface area contributed by atoms with Gasteiger partial charge in [-0.25, -0.2) is 0 Å². The van der Waals surface area contributed by atoms with Crippen LogP contribution in [-0.4, -0.2) is 15.0 Å². The maximum Gasteiger partial charge on any atom is 2.00 e. The van der Waals surface area contributed by atoms with E-state index in [1.165, 1.54) is 21.0 Å². The van der Waals surface area contributed by atoms with Gasteiger partial charge in [-0.2, -0.15) is 0 Å². The zero-order valence-electron chi connectivity index (χ0n) is 20.4. The van der Waals surface area contributed by atoms with E-state index in [1.807, 2.05) is 48.8 Å². The van der Waals surface area contributed by atoms with Crippen LogP contribution < -0.4 is 0 Å². The van der Waals surface area contributed by atoms with Gasteiger partial charge in [0.15, 0.2) is 0 Å². The minimum atomic E-state index is 0. The Morgan fingerprint density at radius 1 is 0.684 bits per heavy atom. The number of fused-ring (bicyclic) bond motifs is 3. The molecule has 38 heavy (non-hydrogen) atoms.